The Morgan fingerprint density at radius 2 is 2.06 bits per heavy atom. The number of anilines is 1. The number of carbonyl (C=O) groups is 1. The number of hydrogen-bond donors (Lipinski definition) is 2. The van der Waals surface area contributed by atoms with Gasteiger partial charge in [0.25, 0.3) is 5.91 Å². The van der Waals surface area contributed by atoms with Crippen LogP contribution in [0.2, 0.25) is 0 Å². The van der Waals surface area contributed by atoms with Crippen LogP contribution in [-0.2, 0) is 4.79 Å². The number of rotatable bonds is 7. The summed E-state index contributed by atoms with van der Waals surface area (Å²) < 4.78 is 5.38. The number of likely N-dealkylation sites (N-methyl/N-ethyl adjacent to an activating group) is 1. The molecule has 0 radical (unpaired) electrons. The molecule has 0 unspecified atom stereocenters. The van der Waals surface area contributed by atoms with Crippen molar-refractivity contribution in [2.24, 2.45) is 0 Å². The second kappa shape index (κ2) is 7.55. The van der Waals surface area contributed by atoms with Gasteiger partial charge in [-0.1, -0.05) is 0 Å². The van der Waals surface area contributed by atoms with Crippen LogP contribution in [0.15, 0.2) is 24.3 Å². The van der Waals surface area contributed by atoms with Crippen molar-refractivity contribution in [1.82, 2.24) is 4.90 Å². The highest BCUT2D eigenvalue weighted by Crippen LogP contribution is 2.13. The molecule has 18 heavy (non-hydrogen) atoms. The molecule has 0 heterocycles. The van der Waals surface area contributed by atoms with E-state index >= 15 is 0 Å². The van der Waals surface area contributed by atoms with Crippen LogP contribution in [0, 0.1) is 0 Å². The molecule has 0 bridgehead atoms. The Bertz CT molecular complexity index is 365. The fourth-order valence-corrected chi connectivity index (χ4v) is 1.52. The fraction of sp³-hybridized carbons (Fsp3) is 0.462. The molecule has 5 nitrogen and oxygen atoms in total. The van der Waals surface area contributed by atoms with E-state index in [9.17, 15) is 4.79 Å². The van der Waals surface area contributed by atoms with Crippen LogP contribution in [0.25, 0.3) is 0 Å². The van der Waals surface area contributed by atoms with Crippen LogP contribution < -0.4 is 10.5 Å². The molecule has 0 aromatic heterocycles. The third-order valence-electron chi connectivity index (χ3n) is 2.56. The van der Waals surface area contributed by atoms with E-state index in [4.69, 9.17) is 15.6 Å². The van der Waals surface area contributed by atoms with Gasteiger partial charge in [0.2, 0.25) is 0 Å². The molecule has 1 amide bonds. The van der Waals surface area contributed by atoms with Crippen molar-refractivity contribution in [2.45, 2.75) is 13.3 Å². The summed E-state index contributed by atoms with van der Waals surface area (Å²) in [5, 5.41) is 8.75. The monoisotopic (exact) mass is 252 g/mol. The van der Waals surface area contributed by atoms with E-state index in [1.165, 1.54) is 0 Å². The zero-order valence-electron chi connectivity index (χ0n) is 10.6. The lowest BCUT2D eigenvalue weighted by Crippen LogP contribution is -2.35. The third kappa shape index (κ3) is 4.63. The molecule has 100 valence electrons. The molecule has 0 aliphatic carbocycles. The van der Waals surface area contributed by atoms with Crippen LogP contribution >= 0.6 is 0 Å². The van der Waals surface area contributed by atoms with Crippen LogP contribution in [-0.4, -0.2) is 42.2 Å². The first-order valence-corrected chi connectivity index (χ1v) is 6.04. The number of ether oxygens (including phenoxy) is 1. The average molecular weight is 252 g/mol. The normalized spacial score (nSPS) is 10.1. The molecule has 5 heteroatoms. The molecule has 1 aromatic carbocycles. The number of amides is 1. The van der Waals surface area contributed by atoms with E-state index in [0.717, 1.165) is 0 Å². The summed E-state index contributed by atoms with van der Waals surface area (Å²) in [6.45, 7) is 3.16. The average Bonchev–Trinajstić information content (AvgIpc) is 2.39. The van der Waals surface area contributed by atoms with Crippen LogP contribution in [0.5, 0.6) is 5.75 Å². The fourth-order valence-electron chi connectivity index (χ4n) is 1.52. The minimum atomic E-state index is -0.0808. The van der Waals surface area contributed by atoms with Crippen molar-refractivity contribution in [3.05, 3.63) is 24.3 Å². The lowest BCUT2D eigenvalue weighted by molar-refractivity contribution is -0.133. The second-order valence-electron chi connectivity index (χ2n) is 3.91. The lowest BCUT2D eigenvalue weighted by Gasteiger charge is -2.20. The van der Waals surface area contributed by atoms with Gasteiger partial charge >= 0.3 is 0 Å². The molecule has 1 aromatic rings. The molecule has 0 fully saturated rings. The number of aliphatic hydroxyl groups is 1. The molecule has 0 saturated carbocycles. The summed E-state index contributed by atoms with van der Waals surface area (Å²) in [6, 6.07) is 6.91. The predicted octanol–water partition coefficient (Wildman–Crippen LogP) is 0.878. The molecule has 0 spiro atoms. The highest BCUT2D eigenvalue weighted by atomic mass is 16.5. The van der Waals surface area contributed by atoms with Gasteiger partial charge in [-0.2, -0.15) is 0 Å². The van der Waals surface area contributed by atoms with E-state index < -0.39 is 0 Å². The molecule has 0 saturated heterocycles. The lowest BCUT2D eigenvalue weighted by atomic mass is 10.3. The highest BCUT2D eigenvalue weighted by Gasteiger charge is 2.11. The van der Waals surface area contributed by atoms with Gasteiger partial charge in [-0.15, -0.1) is 0 Å². The largest absolute Gasteiger partial charge is 0.484 e. The summed E-state index contributed by atoms with van der Waals surface area (Å²) in [5.74, 6) is 0.540. The van der Waals surface area contributed by atoms with Gasteiger partial charge in [0.05, 0.1) is 0 Å². The minimum Gasteiger partial charge on any atom is -0.484 e. The number of nitrogens with zero attached hydrogens (tertiary/aromatic N) is 1. The maximum Gasteiger partial charge on any atom is 0.260 e. The van der Waals surface area contributed by atoms with Crippen molar-refractivity contribution >= 4 is 11.6 Å². The highest BCUT2D eigenvalue weighted by molar-refractivity contribution is 5.77. The number of carbonyl (C=O) groups excluding carboxylic acids is 1. The molecular formula is C13H20N2O3. The Kier molecular flexibility index (Phi) is 6.00. The number of hydrogen-bond acceptors (Lipinski definition) is 4. The maximum atomic E-state index is 11.8. The summed E-state index contributed by atoms with van der Waals surface area (Å²) in [5.41, 5.74) is 6.21. The van der Waals surface area contributed by atoms with Gasteiger partial charge in [0.15, 0.2) is 6.61 Å². The molecule has 0 aliphatic heterocycles. The van der Waals surface area contributed by atoms with Crippen molar-refractivity contribution in [2.75, 3.05) is 32.0 Å². The Labute approximate surface area is 107 Å². The Morgan fingerprint density at radius 3 is 2.61 bits per heavy atom. The Balaban J connectivity index is 2.41. The quantitative estimate of drug-likeness (QED) is 0.706. The third-order valence-corrected chi connectivity index (χ3v) is 2.56. The van der Waals surface area contributed by atoms with Gasteiger partial charge in [-0.05, 0) is 37.6 Å². The first kappa shape index (κ1) is 14.3. The minimum absolute atomic E-state index is 0.00316. The van der Waals surface area contributed by atoms with Crippen LogP contribution in [0.1, 0.15) is 13.3 Å². The van der Waals surface area contributed by atoms with Gasteiger partial charge < -0.3 is 20.5 Å². The van der Waals surface area contributed by atoms with E-state index in [0.29, 0.717) is 30.9 Å². The first-order chi connectivity index (χ1) is 8.67. The zero-order chi connectivity index (χ0) is 13.4. The summed E-state index contributed by atoms with van der Waals surface area (Å²) in [4.78, 5) is 13.5. The Morgan fingerprint density at radius 1 is 1.39 bits per heavy atom. The van der Waals surface area contributed by atoms with Gasteiger partial charge in [-0.3, -0.25) is 4.79 Å². The summed E-state index contributed by atoms with van der Waals surface area (Å²) in [7, 11) is 0. The van der Waals surface area contributed by atoms with Crippen molar-refractivity contribution in [3.63, 3.8) is 0 Å². The van der Waals surface area contributed by atoms with Crippen molar-refractivity contribution in [3.8, 4) is 5.75 Å². The predicted molar refractivity (Wildman–Crippen MR) is 70.3 cm³/mol. The standard InChI is InChI=1S/C13H20N2O3/c1-2-15(8-3-9-16)13(17)10-18-12-6-4-11(14)5-7-12/h4-7,16H,2-3,8-10,14H2,1H3. The van der Waals surface area contributed by atoms with Crippen molar-refractivity contribution < 1.29 is 14.6 Å². The summed E-state index contributed by atoms with van der Waals surface area (Å²) >= 11 is 0. The van der Waals surface area contributed by atoms with Crippen LogP contribution in [0.3, 0.4) is 0 Å². The molecular weight excluding hydrogens is 232 g/mol. The SMILES string of the molecule is CCN(CCCO)C(=O)COc1ccc(N)cc1. The van der Waals surface area contributed by atoms with E-state index in [1.807, 2.05) is 6.92 Å². The number of benzene rings is 1. The van der Waals surface area contributed by atoms with Crippen molar-refractivity contribution in [1.29, 1.82) is 0 Å². The topological polar surface area (TPSA) is 75.8 Å². The smallest absolute Gasteiger partial charge is 0.260 e. The Hall–Kier alpha value is -1.75. The molecule has 1 rings (SSSR count). The maximum absolute atomic E-state index is 11.8. The molecule has 0 aliphatic rings. The van der Waals surface area contributed by atoms with E-state index in [2.05, 4.69) is 0 Å². The van der Waals surface area contributed by atoms with Gasteiger partial charge in [-0.25, -0.2) is 0 Å². The number of nitrogen functional groups attached to an aromatic ring is 1. The first-order valence-electron chi connectivity index (χ1n) is 6.04. The molecule has 3 N–H and O–H groups in total. The van der Waals surface area contributed by atoms with Gasteiger partial charge in [0.1, 0.15) is 5.75 Å². The summed E-state index contributed by atoms with van der Waals surface area (Å²) in [6.07, 6.45) is 0.585. The zero-order valence-corrected chi connectivity index (χ0v) is 10.6. The van der Waals surface area contributed by atoms with E-state index in [-0.39, 0.29) is 19.1 Å². The van der Waals surface area contributed by atoms with Crippen LogP contribution in [0.4, 0.5) is 5.69 Å². The number of aliphatic hydroxyl groups excluding tert-OH is 1. The molecule has 0 atom stereocenters. The van der Waals surface area contributed by atoms with E-state index in [1.54, 1.807) is 29.2 Å². The second-order valence-corrected chi connectivity index (χ2v) is 3.91. The number of nitrogens with two attached hydrogens (primary N) is 1. The van der Waals surface area contributed by atoms with Gasteiger partial charge in [0, 0.05) is 25.4 Å².